The highest BCUT2D eigenvalue weighted by molar-refractivity contribution is 7.50. The first-order chi connectivity index (χ1) is 10.9. The van der Waals surface area contributed by atoms with Crippen LogP contribution in [0.1, 0.15) is 6.23 Å². The van der Waals surface area contributed by atoms with Gasteiger partial charge in [0, 0.05) is 26.5 Å². The van der Waals surface area contributed by atoms with Gasteiger partial charge >= 0.3 is 7.75 Å². The van der Waals surface area contributed by atoms with Crippen LogP contribution >= 0.6 is 7.75 Å². The van der Waals surface area contributed by atoms with E-state index in [1.165, 1.54) is 17.7 Å². The van der Waals surface area contributed by atoms with E-state index < -0.39 is 31.7 Å². The van der Waals surface area contributed by atoms with Crippen molar-refractivity contribution in [2.24, 2.45) is 0 Å². The van der Waals surface area contributed by atoms with E-state index in [0.717, 1.165) is 7.11 Å². The van der Waals surface area contributed by atoms with E-state index in [1.54, 1.807) is 18.3 Å². The van der Waals surface area contributed by atoms with E-state index in [9.17, 15) is 14.3 Å². The maximum absolute atomic E-state index is 12.0. The summed E-state index contributed by atoms with van der Waals surface area (Å²) in [6, 6.07) is 4.08. The molecule has 2 aliphatic rings. The Kier molecular flexibility index (Phi) is 4.45. The molecule has 10 heteroatoms. The van der Waals surface area contributed by atoms with Crippen molar-refractivity contribution in [1.82, 2.24) is 9.65 Å². The molecule has 1 aromatic rings. The number of nitrogens with one attached hydrogen (secondary N) is 1. The second-order valence-corrected chi connectivity index (χ2v) is 7.20. The van der Waals surface area contributed by atoms with Crippen molar-refractivity contribution in [3.63, 3.8) is 0 Å². The Morgan fingerprint density at radius 1 is 1.52 bits per heavy atom. The van der Waals surface area contributed by atoms with Gasteiger partial charge in [0.05, 0.1) is 19.3 Å². The predicted octanol–water partition coefficient (Wildman–Crippen LogP) is -0.134. The molecule has 1 aromatic heterocycles. The van der Waals surface area contributed by atoms with E-state index in [2.05, 4.69) is 9.61 Å². The van der Waals surface area contributed by atoms with Crippen LogP contribution in [-0.2, 0) is 23.3 Å². The van der Waals surface area contributed by atoms with Gasteiger partial charge in [0.25, 0.3) is 5.56 Å². The van der Waals surface area contributed by atoms with Crippen LogP contribution in [0.15, 0.2) is 29.2 Å². The first-order valence-electron chi connectivity index (χ1n) is 7.04. The lowest BCUT2D eigenvalue weighted by Gasteiger charge is -2.31. The van der Waals surface area contributed by atoms with E-state index in [4.69, 9.17) is 14.2 Å². The number of hydrogen-bond donors (Lipinski definition) is 2. The summed E-state index contributed by atoms with van der Waals surface area (Å²) in [6.07, 6.45) is 0.242. The third-order valence-electron chi connectivity index (χ3n) is 4.12. The molecule has 0 aliphatic carbocycles. The molecule has 2 aliphatic heterocycles. The zero-order valence-electron chi connectivity index (χ0n) is 12.7. The van der Waals surface area contributed by atoms with Gasteiger partial charge in [0.1, 0.15) is 11.7 Å². The van der Waals surface area contributed by atoms with Gasteiger partial charge in [0.15, 0.2) is 6.23 Å². The van der Waals surface area contributed by atoms with E-state index >= 15 is 0 Å². The highest BCUT2D eigenvalue weighted by Crippen LogP contribution is 2.49. The van der Waals surface area contributed by atoms with Crippen molar-refractivity contribution in [2.45, 2.75) is 24.0 Å². The fraction of sp³-hybridized carbons (Fsp3) is 0.615. The quantitative estimate of drug-likeness (QED) is 0.686. The molecule has 23 heavy (non-hydrogen) atoms. The standard InChI is InChI=1S/C13H19N2O7P/c1-19-7-13-8-21-10(11(13)14-23(17,18)20-2)12(22-13)15-6-4-3-5-9(15)16/h3-6,10-12H,7-8H2,1-2H3,(H2,14,17,18)/t10-,11+,12?,13+/m1/s1. The van der Waals surface area contributed by atoms with Gasteiger partial charge in [-0.25, -0.2) is 9.65 Å². The third kappa shape index (κ3) is 2.89. The van der Waals surface area contributed by atoms with E-state index in [0.29, 0.717) is 0 Å². The summed E-state index contributed by atoms with van der Waals surface area (Å²) < 4.78 is 34.8. The second kappa shape index (κ2) is 6.10. The Bertz CT molecular complexity index is 680. The number of fused-ring (bicyclic) bond motifs is 2. The summed E-state index contributed by atoms with van der Waals surface area (Å²) in [7, 11) is -1.37. The van der Waals surface area contributed by atoms with Crippen LogP contribution in [0, 0.1) is 0 Å². The van der Waals surface area contributed by atoms with Crippen molar-refractivity contribution in [2.75, 3.05) is 27.4 Å². The first-order valence-corrected chi connectivity index (χ1v) is 8.62. The van der Waals surface area contributed by atoms with Crippen LogP contribution in [0.2, 0.25) is 0 Å². The smallest absolute Gasteiger partial charge is 0.382 e. The third-order valence-corrected chi connectivity index (χ3v) is 5.21. The van der Waals surface area contributed by atoms with Crippen molar-refractivity contribution >= 4 is 7.75 Å². The molecule has 2 unspecified atom stereocenters. The van der Waals surface area contributed by atoms with Gasteiger partial charge in [-0.15, -0.1) is 0 Å². The SMILES string of the molecule is COC[C@@]12CO[C@@H](C(n3ccccc3=O)O1)[C@@H]2NP(=O)(O)OC. The number of methoxy groups -OCH3 is 1. The van der Waals surface area contributed by atoms with Gasteiger partial charge < -0.3 is 23.6 Å². The molecule has 0 saturated carbocycles. The highest BCUT2D eigenvalue weighted by atomic mass is 31.2. The fourth-order valence-corrected chi connectivity index (χ4v) is 3.92. The van der Waals surface area contributed by atoms with Crippen LogP contribution in [-0.4, -0.2) is 54.6 Å². The average molecular weight is 346 g/mol. The molecule has 2 bridgehead atoms. The minimum Gasteiger partial charge on any atom is -0.382 e. The monoisotopic (exact) mass is 346 g/mol. The number of aromatic nitrogens is 1. The lowest BCUT2D eigenvalue weighted by Crippen LogP contribution is -2.50. The molecule has 0 amide bonds. The first kappa shape index (κ1) is 16.8. The summed E-state index contributed by atoms with van der Waals surface area (Å²) in [5.74, 6) is 0. The number of rotatable bonds is 6. The Morgan fingerprint density at radius 2 is 2.30 bits per heavy atom. The minimum absolute atomic E-state index is 0.142. The molecule has 0 radical (unpaired) electrons. The fourth-order valence-electron chi connectivity index (χ4n) is 3.08. The van der Waals surface area contributed by atoms with Crippen molar-refractivity contribution in [3.05, 3.63) is 34.7 Å². The lowest BCUT2D eigenvalue weighted by atomic mass is 9.98. The molecular weight excluding hydrogens is 327 g/mol. The molecule has 2 fully saturated rings. The molecule has 128 valence electrons. The maximum Gasteiger partial charge on any atom is 0.403 e. The van der Waals surface area contributed by atoms with Crippen molar-refractivity contribution in [3.8, 4) is 0 Å². The Balaban J connectivity index is 1.95. The van der Waals surface area contributed by atoms with Crippen LogP contribution in [0.4, 0.5) is 0 Å². The summed E-state index contributed by atoms with van der Waals surface area (Å²) in [6.45, 7) is 0.327. The molecule has 2 saturated heterocycles. The molecule has 0 spiro atoms. The molecule has 9 nitrogen and oxygen atoms in total. The van der Waals surface area contributed by atoms with Gasteiger partial charge in [0.2, 0.25) is 0 Å². The molecule has 0 aromatic carbocycles. The zero-order chi connectivity index (χ0) is 16.7. The van der Waals surface area contributed by atoms with E-state index in [-0.39, 0.29) is 18.8 Å². The van der Waals surface area contributed by atoms with Gasteiger partial charge in [-0.3, -0.25) is 9.36 Å². The normalized spacial score (nSPS) is 35.3. The number of hydrogen-bond acceptors (Lipinski definition) is 6. The highest BCUT2D eigenvalue weighted by Gasteiger charge is 2.63. The van der Waals surface area contributed by atoms with Crippen LogP contribution < -0.4 is 10.6 Å². The predicted molar refractivity (Wildman–Crippen MR) is 78.9 cm³/mol. The molecular formula is C13H19N2O7P. The summed E-state index contributed by atoms with van der Waals surface area (Å²) in [5.41, 5.74) is -1.23. The van der Waals surface area contributed by atoms with Crippen molar-refractivity contribution < 1.29 is 28.2 Å². The molecule has 5 atom stereocenters. The molecule has 3 rings (SSSR count). The van der Waals surface area contributed by atoms with Gasteiger partial charge in [-0.05, 0) is 6.07 Å². The van der Waals surface area contributed by atoms with E-state index in [1.807, 2.05) is 0 Å². The van der Waals surface area contributed by atoms with Gasteiger partial charge in [-0.2, -0.15) is 0 Å². The Morgan fingerprint density at radius 3 is 2.96 bits per heavy atom. The molecule has 2 N–H and O–H groups in total. The lowest BCUT2D eigenvalue weighted by molar-refractivity contribution is -0.188. The number of ether oxygens (including phenoxy) is 3. The second-order valence-electron chi connectivity index (χ2n) is 5.54. The molecule has 3 heterocycles. The van der Waals surface area contributed by atoms with Gasteiger partial charge in [-0.1, -0.05) is 6.07 Å². The zero-order valence-corrected chi connectivity index (χ0v) is 13.6. The largest absolute Gasteiger partial charge is 0.403 e. The van der Waals surface area contributed by atoms with Crippen molar-refractivity contribution in [1.29, 1.82) is 0 Å². The minimum atomic E-state index is -4.01. The summed E-state index contributed by atoms with van der Waals surface area (Å²) in [4.78, 5) is 21.8. The average Bonchev–Trinajstić information content (AvgIpc) is 2.99. The van der Waals surface area contributed by atoms with Crippen LogP contribution in [0.5, 0.6) is 0 Å². The van der Waals surface area contributed by atoms with Crippen LogP contribution in [0.3, 0.4) is 0 Å². The van der Waals surface area contributed by atoms with Crippen LogP contribution in [0.25, 0.3) is 0 Å². The number of pyridine rings is 1. The summed E-state index contributed by atoms with van der Waals surface area (Å²) in [5, 5.41) is 2.56. The Labute approximate surface area is 132 Å². The summed E-state index contributed by atoms with van der Waals surface area (Å²) >= 11 is 0. The topological polar surface area (TPSA) is 108 Å². The number of nitrogens with zero attached hydrogens (tertiary/aromatic N) is 1. The Hall–Kier alpha value is -1.06. The maximum atomic E-state index is 12.0.